The summed E-state index contributed by atoms with van der Waals surface area (Å²) >= 11 is 0. The molecule has 2 nitrogen and oxygen atoms in total. The molecule has 1 rings (SSSR count). The van der Waals surface area contributed by atoms with Crippen molar-refractivity contribution in [2.45, 2.75) is 96.7 Å². The molecule has 2 heteroatoms. The van der Waals surface area contributed by atoms with E-state index in [0.29, 0.717) is 0 Å². The van der Waals surface area contributed by atoms with Gasteiger partial charge in [-0.3, -0.25) is 0 Å². The molecule has 1 heterocycles. The largest absolute Gasteiger partial charge is 0.350 e. The van der Waals surface area contributed by atoms with Crippen LogP contribution in [0.4, 0.5) is 0 Å². The van der Waals surface area contributed by atoms with Gasteiger partial charge in [0.05, 0.1) is 13.2 Å². The highest BCUT2D eigenvalue weighted by molar-refractivity contribution is 4.54. The number of rotatable bonds is 13. The zero-order valence-corrected chi connectivity index (χ0v) is 13.0. The Morgan fingerprint density at radius 2 is 1.05 bits per heavy atom. The molecule has 114 valence electrons. The van der Waals surface area contributed by atoms with Crippen molar-refractivity contribution in [2.75, 3.05) is 13.2 Å². The average Bonchev–Trinajstić information content (AvgIpc) is 2.93. The Hall–Kier alpha value is -0.0800. The Morgan fingerprint density at radius 1 is 0.632 bits per heavy atom. The lowest BCUT2D eigenvalue weighted by Crippen LogP contribution is -2.06. The van der Waals surface area contributed by atoms with Gasteiger partial charge in [0, 0.05) is 0 Å². The van der Waals surface area contributed by atoms with Crippen LogP contribution >= 0.6 is 0 Å². The lowest BCUT2D eigenvalue weighted by molar-refractivity contribution is -0.0480. The molecule has 0 aromatic carbocycles. The van der Waals surface area contributed by atoms with Crippen LogP contribution in [-0.2, 0) is 9.47 Å². The average molecular weight is 270 g/mol. The summed E-state index contributed by atoms with van der Waals surface area (Å²) in [5.41, 5.74) is 0. The Morgan fingerprint density at radius 3 is 1.53 bits per heavy atom. The fourth-order valence-corrected chi connectivity index (χ4v) is 2.73. The molecule has 0 bridgehead atoms. The maximum atomic E-state index is 5.43. The van der Waals surface area contributed by atoms with Crippen molar-refractivity contribution in [3.05, 3.63) is 0 Å². The third-order valence-electron chi connectivity index (χ3n) is 3.98. The molecule has 0 radical (unpaired) electrons. The van der Waals surface area contributed by atoms with Gasteiger partial charge in [0.25, 0.3) is 0 Å². The van der Waals surface area contributed by atoms with Crippen LogP contribution in [0.5, 0.6) is 0 Å². The van der Waals surface area contributed by atoms with Crippen molar-refractivity contribution >= 4 is 0 Å². The Kier molecular flexibility index (Phi) is 11.5. The molecule has 0 amide bonds. The number of hydrogen-bond donors (Lipinski definition) is 0. The highest BCUT2D eigenvalue weighted by Crippen LogP contribution is 2.15. The first kappa shape index (κ1) is 17.0. The quantitative estimate of drug-likeness (QED) is 0.414. The normalized spacial score (nSPS) is 16.3. The summed E-state index contributed by atoms with van der Waals surface area (Å²) in [6, 6.07) is 0. The van der Waals surface area contributed by atoms with E-state index in [4.69, 9.17) is 9.47 Å². The third-order valence-corrected chi connectivity index (χ3v) is 3.98. The Balaban J connectivity index is 1.67. The van der Waals surface area contributed by atoms with Gasteiger partial charge in [0.2, 0.25) is 0 Å². The number of ether oxygens (including phenoxy) is 2. The Bertz CT molecular complexity index is 176. The summed E-state index contributed by atoms with van der Waals surface area (Å²) in [6.45, 7) is 3.87. The maximum Gasteiger partial charge on any atom is 0.157 e. The van der Waals surface area contributed by atoms with Crippen molar-refractivity contribution in [1.29, 1.82) is 0 Å². The van der Waals surface area contributed by atoms with Crippen LogP contribution in [0.3, 0.4) is 0 Å². The van der Waals surface area contributed by atoms with Gasteiger partial charge in [-0.1, -0.05) is 77.6 Å². The minimum absolute atomic E-state index is 0.114. The van der Waals surface area contributed by atoms with Crippen LogP contribution in [0.25, 0.3) is 0 Å². The number of unbranched alkanes of at least 4 members (excludes halogenated alkanes) is 11. The first-order valence-electron chi connectivity index (χ1n) is 8.66. The van der Waals surface area contributed by atoms with Gasteiger partial charge in [-0.15, -0.1) is 0 Å². The molecule has 0 unspecified atom stereocenters. The third kappa shape index (κ3) is 10.4. The van der Waals surface area contributed by atoms with E-state index in [9.17, 15) is 0 Å². The van der Waals surface area contributed by atoms with Gasteiger partial charge >= 0.3 is 0 Å². The van der Waals surface area contributed by atoms with Crippen LogP contribution in [0.2, 0.25) is 0 Å². The van der Waals surface area contributed by atoms with Gasteiger partial charge in [0.1, 0.15) is 0 Å². The van der Waals surface area contributed by atoms with E-state index in [2.05, 4.69) is 6.92 Å². The minimum atomic E-state index is 0.114. The molecule has 0 aromatic heterocycles. The summed E-state index contributed by atoms with van der Waals surface area (Å²) in [6.07, 6.45) is 18.1. The maximum absolute atomic E-state index is 5.43. The highest BCUT2D eigenvalue weighted by Gasteiger charge is 2.14. The fraction of sp³-hybridized carbons (Fsp3) is 1.00. The second-order valence-electron chi connectivity index (χ2n) is 5.85. The molecule has 1 fully saturated rings. The zero-order chi connectivity index (χ0) is 13.6. The van der Waals surface area contributed by atoms with Crippen molar-refractivity contribution in [3.63, 3.8) is 0 Å². The summed E-state index contributed by atoms with van der Waals surface area (Å²) in [4.78, 5) is 0. The molecule has 1 saturated heterocycles. The fourth-order valence-electron chi connectivity index (χ4n) is 2.73. The van der Waals surface area contributed by atoms with E-state index in [1.54, 1.807) is 0 Å². The van der Waals surface area contributed by atoms with Crippen LogP contribution in [0, 0.1) is 0 Å². The van der Waals surface area contributed by atoms with Crippen LogP contribution in [-0.4, -0.2) is 19.5 Å². The molecule has 19 heavy (non-hydrogen) atoms. The summed E-state index contributed by atoms with van der Waals surface area (Å²) < 4.78 is 10.9. The number of hydrogen-bond acceptors (Lipinski definition) is 2. The van der Waals surface area contributed by atoms with Crippen molar-refractivity contribution in [1.82, 2.24) is 0 Å². The second kappa shape index (κ2) is 12.9. The molecule has 1 aliphatic rings. The lowest BCUT2D eigenvalue weighted by atomic mass is 10.0. The highest BCUT2D eigenvalue weighted by atomic mass is 16.7. The molecule has 0 aliphatic carbocycles. The topological polar surface area (TPSA) is 18.5 Å². The first-order valence-corrected chi connectivity index (χ1v) is 8.66. The van der Waals surface area contributed by atoms with Gasteiger partial charge in [0.15, 0.2) is 6.29 Å². The molecular formula is C17H34O2. The second-order valence-corrected chi connectivity index (χ2v) is 5.85. The molecule has 0 aromatic rings. The van der Waals surface area contributed by atoms with E-state index in [-0.39, 0.29) is 6.29 Å². The predicted octanol–water partition coefficient (Wildman–Crippen LogP) is 5.45. The van der Waals surface area contributed by atoms with E-state index in [1.807, 2.05) is 0 Å². The summed E-state index contributed by atoms with van der Waals surface area (Å²) in [7, 11) is 0. The van der Waals surface area contributed by atoms with Crippen molar-refractivity contribution in [2.24, 2.45) is 0 Å². The monoisotopic (exact) mass is 270 g/mol. The van der Waals surface area contributed by atoms with Gasteiger partial charge in [-0.05, 0) is 12.8 Å². The minimum Gasteiger partial charge on any atom is -0.350 e. The van der Waals surface area contributed by atoms with Crippen molar-refractivity contribution < 1.29 is 9.47 Å². The molecule has 0 saturated carbocycles. The van der Waals surface area contributed by atoms with Gasteiger partial charge in [-0.2, -0.15) is 0 Å². The summed E-state index contributed by atoms with van der Waals surface area (Å²) in [5, 5.41) is 0. The van der Waals surface area contributed by atoms with Crippen LogP contribution in [0.15, 0.2) is 0 Å². The molecule has 0 atom stereocenters. The standard InChI is InChI=1S/C17H34O2/c1-2-3-4-5-6-7-8-9-10-11-12-13-14-17-18-15-16-19-17/h17H,2-16H2,1H3. The smallest absolute Gasteiger partial charge is 0.157 e. The van der Waals surface area contributed by atoms with Crippen LogP contribution in [0.1, 0.15) is 90.4 Å². The molecule has 1 aliphatic heterocycles. The zero-order valence-electron chi connectivity index (χ0n) is 13.0. The van der Waals surface area contributed by atoms with Gasteiger partial charge in [-0.25, -0.2) is 0 Å². The molecular weight excluding hydrogens is 236 g/mol. The summed E-state index contributed by atoms with van der Waals surface area (Å²) in [5.74, 6) is 0. The van der Waals surface area contributed by atoms with E-state index < -0.39 is 0 Å². The lowest BCUT2D eigenvalue weighted by Gasteiger charge is -2.08. The van der Waals surface area contributed by atoms with Crippen molar-refractivity contribution in [3.8, 4) is 0 Å². The van der Waals surface area contributed by atoms with E-state index in [1.165, 1.54) is 77.0 Å². The first-order chi connectivity index (χ1) is 9.43. The molecule has 0 N–H and O–H groups in total. The van der Waals surface area contributed by atoms with Gasteiger partial charge < -0.3 is 9.47 Å². The Labute approximate surface area is 120 Å². The van der Waals surface area contributed by atoms with Crippen LogP contribution < -0.4 is 0 Å². The SMILES string of the molecule is CCCCCCCCCCCCCCC1OCCO1. The van der Waals surface area contributed by atoms with E-state index >= 15 is 0 Å². The molecule has 0 spiro atoms. The predicted molar refractivity (Wildman–Crippen MR) is 81.4 cm³/mol. The van der Waals surface area contributed by atoms with E-state index in [0.717, 1.165) is 19.6 Å².